The molecule has 1 aromatic heterocycles. The zero-order chi connectivity index (χ0) is 25.3. The van der Waals surface area contributed by atoms with Crippen LogP contribution in [-0.2, 0) is 18.4 Å². The number of anilines is 1. The van der Waals surface area contributed by atoms with E-state index in [9.17, 15) is 14.2 Å². The largest absolute Gasteiger partial charge is 0.364 e. The summed E-state index contributed by atoms with van der Waals surface area (Å²) in [5.74, 6) is -1.16. The van der Waals surface area contributed by atoms with Gasteiger partial charge < -0.3 is 19.7 Å². The minimum atomic E-state index is -4.06. The number of rotatable bonds is 10. The first-order chi connectivity index (χ1) is 16.9. The second-order valence-corrected chi connectivity index (χ2v) is 9.45. The van der Waals surface area contributed by atoms with E-state index >= 15 is 0 Å². The van der Waals surface area contributed by atoms with E-state index in [1.165, 1.54) is 12.3 Å². The lowest BCUT2D eigenvalue weighted by atomic mass is 10.1. The van der Waals surface area contributed by atoms with E-state index in [-0.39, 0.29) is 30.0 Å². The highest BCUT2D eigenvalue weighted by Gasteiger charge is 2.37. The zero-order valence-corrected chi connectivity index (χ0v) is 20.9. The van der Waals surface area contributed by atoms with Crippen molar-refractivity contribution in [3.63, 3.8) is 0 Å². The van der Waals surface area contributed by atoms with Gasteiger partial charge >= 0.3 is 7.60 Å². The highest BCUT2D eigenvalue weighted by molar-refractivity contribution is 7.65. The molecular formula is C25H25ClN3O5P. The highest BCUT2D eigenvalue weighted by Crippen LogP contribution is 2.61. The Labute approximate surface area is 208 Å². The van der Waals surface area contributed by atoms with Gasteiger partial charge in [0.2, 0.25) is 0 Å². The van der Waals surface area contributed by atoms with Gasteiger partial charge in [0, 0.05) is 11.8 Å². The van der Waals surface area contributed by atoms with E-state index in [0.717, 1.165) is 0 Å². The van der Waals surface area contributed by atoms with E-state index in [1.807, 2.05) is 0 Å². The van der Waals surface area contributed by atoms with Gasteiger partial charge in [-0.2, -0.15) is 0 Å². The van der Waals surface area contributed by atoms with E-state index in [1.54, 1.807) is 80.6 Å². The van der Waals surface area contributed by atoms with Crippen LogP contribution >= 0.6 is 19.2 Å². The summed E-state index contributed by atoms with van der Waals surface area (Å²) in [6.07, 6.45) is 1.37. The van der Waals surface area contributed by atoms with Crippen LogP contribution in [0.5, 0.6) is 0 Å². The third-order valence-corrected chi connectivity index (χ3v) is 7.08. The molecule has 0 radical (unpaired) electrons. The Kier molecular flexibility index (Phi) is 9.34. The number of amides is 2. The van der Waals surface area contributed by atoms with E-state index < -0.39 is 19.4 Å². The Morgan fingerprint density at radius 1 is 0.886 bits per heavy atom. The molecule has 0 spiro atoms. The minimum absolute atomic E-state index is 0.0495. The van der Waals surface area contributed by atoms with Gasteiger partial charge in [0.05, 0.1) is 18.2 Å². The molecule has 0 atom stereocenters. The molecule has 0 fully saturated rings. The van der Waals surface area contributed by atoms with Crippen molar-refractivity contribution in [2.45, 2.75) is 13.8 Å². The lowest BCUT2D eigenvalue weighted by Gasteiger charge is -2.23. The smallest absolute Gasteiger partial charge is 0.317 e. The molecule has 0 saturated heterocycles. The summed E-state index contributed by atoms with van der Waals surface area (Å²) >= 11 is 5.90. The quantitative estimate of drug-likeness (QED) is 0.264. The maximum absolute atomic E-state index is 14.0. The Morgan fingerprint density at radius 3 is 1.97 bits per heavy atom. The van der Waals surface area contributed by atoms with Gasteiger partial charge in [-0.25, -0.2) is 4.98 Å². The number of nitrogens with one attached hydrogen (secondary N) is 2. The normalized spacial score (nSPS) is 12.0. The number of aromatic nitrogens is 1. The van der Waals surface area contributed by atoms with Crippen molar-refractivity contribution in [1.29, 1.82) is 0 Å². The number of hydrogen-bond acceptors (Lipinski definition) is 6. The first-order valence-electron chi connectivity index (χ1n) is 10.9. The maximum Gasteiger partial charge on any atom is 0.364 e. The molecule has 3 aromatic rings. The van der Waals surface area contributed by atoms with Crippen LogP contribution in [0, 0.1) is 0 Å². The van der Waals surface area contributed by atoms with Gasteiger partial charge in [0.15, 0.2) is 0 Å². The standard InChI is InChI=1S/C25H25ClN3O5P/c1-3-33-35(32,34-4-2)23(18-11-7-5-8-12-18)22(29-24(30)19-13-9-6-10-14-19)25(31)28-21-16-15-20(26)17-27-21/h5-17H,3-4H2,1-2H3,(H,29,30)(H,27,28,31). The van der Waals surface area contributed by atoms with Crippen LogP contribution in [0.15, 0.2) is 84.7 Å². The number of benzene rings is 2. The molecule has 0 saturated carbocycles. The lowest BCUT2D eigenvalue weighted by Crippen LogP contribution is -2.32. The minimum Gasteiger partial charge on any atom is -0.317 e. The molecule has 2 amide bonds. The van der Waals surface area contributed by atoms with Crippen molar-refractivity contribution in [3.05, 3.63) is 101 Å². The number of halogens is 1. The molecule has 0 aliphatic carbocycles. The third-order valence-electron chi connectivity index (χ3n) is 4.63. The molecule has 0 aliphatic heterocycles. The fourth-order valence-corrected chi connectivity index (χ4v) is 5.19. The average Bonchev–Trinajstić information content (AvgIpc) is 2.86. The third kappa shape index (κ3) is 6.87. The lowest BCUT2D eigenvalue weighted by molar-refractivity contribution is -0.113. The van der Waals surface area contributed by atoms with Gasteiger partial charge in [-0.3, -0.25) is 14.2 Å². The molecule has 2 N–H and O–H groups in total. The summed E-state index contributed by atoms with van der Waals surface area (Å²) < 4.78 is 25.2. The molecule has 1 heterocycles. The number of carbonyl (C=O) groups is 2. The van der Waals surface area contributed by atoms with Crippen molar-refractivity contribution < 1.29 is 23.2 Å². The number of carbonyl (C=O) groups excluding carboxylic acids is 2. The summed E-state index contributed by atoms with van der Waals surface area (Å²) in [4.78, 5) is 30.7. The van der Waals surface area contributed by atoms with Gasteiger partial charge in [-0.1, -0.05) is 60.1 Å². The van der Waals surface area contributed by atoms with Gasteiger partial charge in [-0.05, 0) is 43.7 Å². The molecule has 10 heteroatoms. The highest BCUT2D eigenvalue weighted by atomic mass is 35.5. The number of hydrogen-bond donors (Lipinski definition) is 2. The summed E-state index contributed by atoms with van der Waals surface area (Å²) in [5.41, 5.74) is 0.407. The van der Waals surface area contributed by atoms with Crippen molar-refractivity contribution in [3.8, 4) is 0 Å². The molecular weight excluding hydrogens is 489 g/mol. The fourth-order valence-electron chi connectivity index (χ4n) is 3.17. The maximum atomic E-state index is 14.0. The molecule has 0 unspecified atom stereocenters. The van der Waals surface area contributed by atoms with Gasteiger partial charge in [0.1, 0.15) is 16.8 Å². The second-order valence-electron chi connectivity index (χ2n) is 7.06. The second kappa shape index (κ2) is 12.4. The van der Waals surface area contributed by atoms with Crippen molar-refractivity contribution in [2.75, 3.05) is 18.5 Å². The monoisotopic (exact) mass is 513 g/mol. The van der Waals surface area contributed by atoms with Crippen LogP contribution in [0.25, 0.3) is 5.31 Å². The summed E-state index contributed by atoms with van der Waals surface area (Å²) in [5, 5.41) is 5.56. The SMILES string of the molecule is CCOP(=O)(OCC)C(=C(NC(=O)c1ccccc1)C(=O)Nc1ccc(Cl)cn1)c1ccccc1. The molecule has 0 aliphatic rings. The number of pyridine rings is 1. The topological polar surface area (TPSA) is 107 Å². The van der Waals surface area contributed by atoms with Crippen LogP contribution in [-0.4, -0.2) is 30.0 Å². The molecule has 2 aromatic carbocycles. The predicted octanol–water partition coefficient (Wildman–Crippen LogP) is 5.74. The summed E-state index contributed by atoms with van der Waals surface area (Å²) in [6, 6.07) is 19.9. The van der Waals surface area contributed by atoms with Crippen molar-refractivity contribution >= 4 is 42.1 Å². The summed E-state index contributed by atoms with van der Waals surface area (Å²) in [7, 11) is -4.06. The molecule has 3 rings (SSSR count). The van der Waals surface area contributed by atoms with Crippen LogP contribution in [0.1, 0.15) is 29.8 Å². The summed E-state index contributed by atoms with van der Waals surface area (Å²) in [6.45, 7) is 3.42. The van der Waals surface area contributed by atoms with Gasteiger partial charge in [0.25, 0.3) is 11.8 Å². The van der Waals surface area contributed by atoms with E-state index in [4.69, 9.17) is 20.6 Å². The number of nitrogens with zero attached hydrogens (tertiary/aromatic N) is 1. The predicted molar refractivity (Wildman–Crippen MR) is 136 cm³/mol. The van der Waals surface area contributed by atoms with Crippen molar-refractivity contribution in [2.24, 2.45) is 0 Å². The van der Waals surface area contributed by atoms with Crippen LogP contribution in [0.4, 0.5) is 5.82 Å². The van der Waals surface area contributed by atoms with Gasteiger partial charge in [-0.15, -0.1) is 0 Å². The Morgan fingerprint density at radius 2 is 1.46 bits per heavy atom. The molecule has 8 nitrogen and oxygen atoms in total. The fraction of sp³-hybridized carbons (Fsp3) is 0.160. The molecule has 182 valence electrons. The Balaban J connectivity index is 2.20. The first-order valence-corrected chi connectivity index (χ1v) is 12.8. The average molecular weight is 514 g/mol. The zero-order valence-electron chi connectivity index (χ0n) is 19.2. The Hall–Kier alpha value is -3.29. The van der Waals surface area contributed by atoms with Crippen LogP contribution in [0.3, 0.4) is 0 Å². The molecule has 35 heavy (non-hydrogen) atoms. The van der Waals surface area contributed by atoms with E-state index in [2.05, 4.69) is 15.6 Å². The van der Waals surface area contributed by atoms with Crippen LogP contribution in [0.2, 0.25) is 5.02 Å². The van der Waals surface area contributed by atoms with E-state index in [0.29, 0.717) is 16.1 Å². The van der Waals surface area contributed by atoms with Crippen molar-refractivity contribution in [1.82, 2.24) is 10.3 Å². The Bertz CT molecular complexity index is 1220. The first kappa shape index (κ1) is 26.3. The molecule has 0 bridgehead atoms. The van der Waals surface area contributed by atoms with Crippen LogP contribution < -0.4 is 10.6 Å².